The summed E-state index contributed by atoms with van der Waals surface area (Å²) >= 11 is 0. The average molecular weight is 273 g/mol. The monoisotopic (exact) mass is 273 g/mol. The first-order valence-corrected chi connectivity index (χ1v) is 7.96. The Morgan fingerprint density at radius 2 is 1.21 bits per heavy atom. The van der Waals surface area contributed by atoms with Crippen LogP contribution in [0.3, 0.4) is 0 Å². The van der Waals surface area contributed by atoms with Crippen LogP contribution in [0.5, 0.6) is 0 Å². The lowest BCUT2D eigenvalue weighted by molar-refractivity contribution is -0.143. The summed E-state index contributed by atoms with van der Waals surface area (Å²) in [5, 5.41) is 0. The normalized spacial score (nSPS) is 10.0. The number of carbonyl (C=O) groups is 1. The molecule has 0 aromatic rings. The lowest BCUT2D eigenvalue weighted by Gasteiger charge is -2.04. The number of rotatable bonds is 13. The van der Waals surface area contributed by atoms with E-state index in [1.807, 2.05) is 0 Å². The fraction of sp³-hybridized carbons (Fsp3) is 0.938. The van der Waals surface area contributed by atoms with Crippen molar-refractivity contribution in [2.24, 2.45) is 0 Å². The van der Waals surface area contributed by atoms with Crippen LogP contribution >= 0.6 is 0 Å². The van der Waals surface area contributed by atoms with Gasteiger partial charge >= 0.3 is 5.97 Å². The summed E-state index contributed by atoms with van der Waals surface area (Å²) in [5.41, 5.74) is 0. The summed E-state index contributed by atoms with van der Waals surface area (Å²) in [7, 11) is 0. The standard InChI is InChI=1S/C16H32O2.H3N/c1-3-5-7-9-11-13-15-18-16(17)14-12-10-8-6-4-2;/h3-15H2,1-2H3;1H3. The molecule has 0 saturated carbocycles. The molecule has 19 heavy (non-hydrogen) atoms. The molecule has 0 unspecified atom stereocenters. The van der Waals surface area contributed by atoms with Gasteiger partial charge in [-0.15, -0.1) is 0 Å². The van der Waals surface area contributed by atoms with Gasteiger partial charge in [0, 0.05) is 6.42 Å². The molecule has 0 heterocycles. The summed E-state index contributed by atoms with van der Waals surface area (Å²) < 4.78 is 5.22. The number of esters is 1. The van der Waals surface area contributed by atoms with Gasteiger partial charge in [0.1, 0.15) is 0 Å². The van der Waals surface area contributed by atoms with E-state index >= 15 is 0 Å². The lowest BCUT2D eigenvalue weighted by Crippen LogP contribution is -2.05. The van der Waals surface area contributed by atoms with Crippen LogP contribution in [0.4, 0.5) is 0 Å². The Labute approximate surface area is 120 Å². The van der Waals surface area contributed by atoms with Crippen molar-refractivity contribution in [3.63, 3.8) is 0 Å². The van der Waals surface area contributed by atoms with Crippen molar-refractivity contribution in [2.75, 3.05) is 6.61 Å². The van der Waals surface area contributed by atoms with Gasteiger partial charge in [0.25, 0.3) is 0 Å². The van der Waals surface area contributed by atoms with Gasteiger partial charge in [-0.2, -0.15) is 0 Å². The van der Waals surface area contributed by atoms with E-state index in [2.05, 4.69) is 13.8 Å². The SMILES string of the molecule is CCCCCCCCOC(=O)CCCCCCC.N. The first kappa shape index (κ1) is 20.7. The predicted molar refractivity (Wildman–Crippen MR) is 82.7 cm³/mol. The van der Waals surface area contributed by atoms with Crippen LogP contribution in [-0.4, -0.2) is 12.6 Å². The molecule has 3 nitrogen and oxygen atoms in total. The molecule has 0 aliphatic carbocycles. The predicted octanol–water partition coefficient (Wildman–Crippen LogP) is 5.41. The molecular formula is C16H35NO2. The van der Waals surface area contributed by atoms with Gasteiger partial charge < -0.3 is 10.9 Å². The van der Waals surface area contributed by atoms with Gasteiger partial charge in [0.15, 0.2) is 0 Å². The van der Waals surface area contributed by atoms with E-state index in [-0.39, 0.29) is 12.1 Å². The Bertz CT molecular complexity index is 184. The molecule has 0 aromatic carbocycles. The number of hydrogen-bond acceptors (Lipinski definition) is 3. The van der Waals surface area contributed by atoms with E-state index in [1.54, 1.807) is 0 Å². The summed E-state index contributed by atoms with van der Waals surface area (Å²) in [6.45, 7) is 5.05. The van der Waals surface area contributed by atoms with Gasteiger partial charge in [-0.3, -0.25) is 4.79 Å². The maximum absolute atomic E-state index is 11.4. The Morgan fingerprint density at radius 3 is 1.79 bits per heavy atom. The number of hydrogen-bond donors (Lipinski definition) is 1. The molecule has 3 heteroatoms. The Hall–Kier alpha value is -0.570. The number of ether oxygens (including phenoxy) is 1. The first-order valence-electron chi connectivity index (χ1n) is 7.96. The molecule has 0 aliphatic rings. The Morgan fingerprint density at radius 1 is 0.737 bits per heavy atom. The minimum absolute atomic E-state index is 0. The second kappa shape index (κ2) is 17.4. The smallest absolute Gasteiger partial charge is 0.305 e. The molecule has 0 aliphatic heterocycles. The van der Waals surface area contributed by atoms with E-state index < -0.39 is 0 Å². The maximum atomic E-state index is 11.4. The zero-order chi connectivity index (χ0) is 13.5. The highest BCUT2D eigenvalue weighted by Crippen LogP contribution is 2.07. The lowest BCUT2D eigenvalue weighted by atomic mass is 10.1. The van der Waals surface area contributed by atoms with Crippen molar-refractivity contribution in [1.82, 2.24) is 6.15 Å². The fourth-order valence-corrected chi connectivity index (χ4v) is 2.01. The van der Waals surface area contributed by atoms with Crippen molar-refractivity contribution in [2.45, 2.75) is 90.9 Å². The summed E-state index contributed by atoms with van der Waals surface area (Å²) in [6, 6.07) is 0. The molecule has 0 amide bonds. The van der Waals surface area contributed by atoms with Crippen LogP contribution in [-0.2, 0) is 9.53 Å². The molecular weight excluding hydrogens is 238 g/mol. The second-order valence-corrected chi connectivity index (χ2v) is 5.15. The minimum atomic E-state index is 0. The Balaban J connectivity index is 0. The maximum Gasteiger partial charge on any atom is 0.305 e. The van der Waals surface area contributed by atoms with Crippen LogP contribution in [0.1, 0.15) is 90.9 Å². The zero-order valence-corrected chi connectivity index (χ0v) is 13.2. The highest BCUT2D eigenvalue weighted by Gasteiger charge is 2.01. The van der Waals surface area contributed by atoms with Gasteiger partial charge in [0.05, 0.1) is 6.61 Å². The molecule has 0 atom stereocenters. The van der Waals surface area contributed by atoms with E-state index in [9.17, 15) is 4.79 Å². The zero-order valence-electron chi connectivity index (χ0n) is 13.2. The molecule has 0 fully saturated rings. The molecule has 3 N–H and O–H groups in total. The van der Waals surface area contributed by atoms with Crippen molar-refractivity contribution in [3.05, 3.63) is 0 Å². The van der Waals surface area contributed by atoms with Crippen LogP contribution in [0, 0.1) is 0 Å². The highest BCUT2D eigenvalue weighted by molar-refractivity contribution is 5.69. The summed E-state index contributed by atoms with van der Waals surface area (Å²) in [5.74, 6) is 0.0000525. The van der Waals surface area contributed by atoms with Gasteiger partial charge in [0.2, 0.25) is 0 Å². The summed E-state index contributed by atoms with van der Waals surface area (Å²) in [6.07, 6.45) is 14.0. The third kappa shape index (κ3) is 17.4. The molecule has 116 valence electrons. The molecule has 0 spiro atoms. The third-order valence-electron chi connectivity index (χ3n) is 3.25. The largest absolute Gasteiger partial charge is 0.466 e. The minimum Gasteiger partial charge on any atom is -0.466 e. The van der Waals surface area contributed by atoms with E-state index in [0.29, 0.717) is 13.0 Å². The second-order valence-electron chi connectivity index (χ2n) is 5.15. The van der Waals surface area contributed by atoms with Crippen molar-refractivity contribution >= 4 is 5.97 Å². The average Bonchev–Trinajstić information content (AvgIpc) is 2.37. The number of carbonyl (C=O) groups excluding carboxylic acids is 1. The number of unbranched alkanes of at least 4 members (excludes halogenated alkanes) is 9. The first-order chi connectivity index (χ1) is 8.81. The topological polar surface area (TPSA) is 61.3 Å². The molecule has 0 rings (SSSR count). The van der Waals surface area contributed by atoms with E-state index in [0.717, 1.165) is 12.8 Å². The van der Waals surface area contributed by atoms with Gasteiger partial charge in [-0.1, -0.05) is 71.6 Å². The molecule has 0 bridgehead atoms. The quantitative estimate of drug-likeness (QED) is 0.360. The van der Waals surface area contributed by atoms with Crippen molar-refractivity contribution < 1.29 is 9.53 Å². The van der Waals surface area contributed by atoms with Crippen LogP contribution in [0.2, 0.25) is 0 Å². The van der Waals surface area contributed by atoms with Crippen molar-refractivity contribution in [1.29, 1.82) is 0 Å². The van der Waals surface area contributed by atoms with E-state index in [1.165, 1.54) is 57.8 Å². The van der Waals surface area contributed by atoms with Crippen LogP contribution in [0.25, 0.3) is 0 Å². The molecule has 0 radical (unpaired) electrons. The third-order valence-corrected chi connectivity index (χ3v) is 3.25. The molecule has 0 saturated heterocycles. The van der Waals surface area contributed by atoms with Gasteiger partial charge in [-0.05, 0) is 12.8 Å². The fourth-order valence-electron chi connectivity index (χ4n) is 2.01. The van der Waals surface area contributed by atoms with Crippen LogP contribution < -0.4 is 6.15 Å². The van der Waals surface area contributed by atoms with Crippen LogP contribution in [0.15, 0.2) is 0 Å². The van der Waals surface area contributed by atoms with Gasteiger partial charge in [-0.25, -0.2) is 0 Å². The van der Waals surface area contributed by atoms with Crippen molar-refractivity contribution in [3.8, 4) is 0 Å². The summed E-state index contributed by atoms with van der Waals surface area (Å²) in [4.78, 5) is 11.4. The highest BCUT2D eigenvalue weighted by atomic mass is 16.5. The Kier molecular flexibility index (Phi) is 19.0. The van der Waals surface area contributed by atoms with E-state index in [4.69, 9.17) is 4.74 Å². The molecule has 0 aromatic heterocycles.